The van der Waals surface area contributed by atoms with E-state index in [1.165, 1.54) is 4.90 Å². The van der Waals surface area contributed by atoms with E-state index in [4.69, 9.17) is 9.47 Å². The molecule has 2 bridgehead atoms. The number of amides is 3. The smallest absolute Gasteiger partial charge is 0.235 e. The van der Waals surface area contributed by atoms with E-state index in [0.29, 0.717) is 13.2 Å². The minimum atomic E-state index is -0.320. The summed E-state index contributed by atoms with van der Waals surface area (Å²) >= 11 is 0. The number of carbonyl (C=O) groups excluding carboxylic acids is 3. The molecular weight excluding hydrogens is 386 g/mol. The van der Waals surface area contributed by atoms with Crippen molar-refractivity contribution in [2.24, 2.45) is 17.3 Å². The first-order valence-electron chi connectivity index (χ1n) is 10.0. The zero-order valence-corrected chi connectivity index (χ0v) is 17.1. The van der Waals surface area contributed by atoms with Crippen molar-refractivity contribution in [2.75, 3.05) is 39.9 Å². The van der Waals surface area contributed by atoms with E-state index in [-0.39, 0.29) is 72.6 Å². The van der Waals surface area contributed by atoms with Crippen molar-refractivity contribution in [1.29, 1.82) is 0 Å². The number of hydrogen-bond donors (Lipinski definition) is 2. The van der Waals surface area contributed by atoms with E-state index in [0.717, 1.165) is 38.8 Å². The molecule has 3 amide bonds. The van der Waals surface area contributed by atoms with Crippen molar-refractivity contribution in [3.05, 3.63) is 0 Å². The molecule has 158 valence electrons. The van der Waals surface area contributed by atoms with Gasteiger partial charge in [-0.1, -0.05) is 0 Å². The topological polar surface area (TPSA) is 97.0 Å². The average molecular weight is 416 g/mol. The lowest BCUT2D eigenvalue weighted by molar-refractivity contribution is -0.142. The number of fused-ring (bicyclic) bond motifs is 5. The van der Waals surface area contributed by atoms with Crippen LogP contribution in [0.3, 0.4) is 0 Å². The van der Waals surface area contributed by atoms with Crippen LogP contribution in [0.2, 0.25) is 0 Å². The summed E-state index contributed by atoms with van der Waals surface area (Å²) in [5.41, 5.74) is -0.0392. The van der Waals surface area contributed by atoms with Gasteiger partial charge < -0.3 is 20.1 Å². The SMILES string of the molecule is COCC1(CNC(=O)CCN2C(=O)C3C4CCC(O4)C3C2=O)CCNCC1.Cl. The highest BCUT2D eigenvalue weighted by atomic mass is 35.5. The molecule has 0 aliphatic carbocycles. The van der Waals surface area contributed by atoms with Crippen LogP contribution in [0.1, 0.15) is 32.1 Å². The van der Waals surface area contributed by atoms with Gasteiger partial charge in [0.1, 0.15) is 0 Å². The molecule has 0 aromatic rings. The predicted molar refractivity (Wildman–Crippen MR) is 103 cm³/mol. The summed E-state index contributed by atoms with van der Waals surface area (Å²) in [7, 11) is 1.68. The Hall–Kier alpha value is -1.22. The van der Waals surface area contributed by atoms with Crippen molar-refractivity contribution < 1.29 is 23.9 Å². The number of ether oxygens (including phenoxy) is 2. The zero-order chi connectivity index (χ0) is 19.0. The number of methoxy groups -OCH3 is 1. The Labute approximate surface area is 171 Å². The Morgan fingerprint density at radius 2 is 1.82 bits per heavy atom. The normalized spacial score (nSPS) is 33.0. The number of nitrogens with zero attached hydrogens (tertiary/aromatic N) is 1. The van der Waals surface area contributed by atoms with Crippen LogP contribution in [0.5, 0.6) is 0 Å². The highest BCUT2D eigenvalue weighted by molar-refractivity contribution is 6.06. The minimum absolute atomic E-state index is 0. The Balaban J connectivity index is 0.00000225. The quantitative estimate of drug-likeness (QED) is 0.572. The van der Waals surface area contributed by atoms with Crippen molar-refractivity contribution in [2.45, 2.75) is 44.3 Å². The molecular formula is C19H30ClN3O5. The number of carbonyl (C=O) groups is 3. The average Bonchev–Trinajstić information content (AvgIpc) is 3.34. The molecule has 8 nitrogen and oxygen atoms in total. The molecule has 0 radical (unpaired) electrons. The molecule has 0 aromatic heterocycles. The fourth-order valence-electron chi connectivity index (χ4n) is 5.22. The molecule has 4 aliphatic heterocycles. The maximum absolute atomic E-state index is 12.6. The van der Waals surface area contributed by atoms with Crippen molar-refractivity contribution in [3.8, 4) is 0 Å². The molecule has 4 rings (SSSR count). The lowest BCUT2D eigenvalue weighted by Gasteiger charge is -2.37. The molecule has 0 saturated carbocycles. The van der Waals surface area contributed by atoms with Crippen LogP contribution in [0.4, 0.5) is 0 Å². The van der Waals surface area contributed by atoms with Gasteiger partial charge in [-0.05, 0) is 38.8 Å². The summed E-state index contributed by atoms with van der Waals surface area (Å²) in [5.74, 6) is -1.07. The third-order valence-electron chi connectivity index (χ3n) is 6.71. The predicted octanol–water partition coefficient (Wildman–Crippen LogP) is 0.0931. The van der Waals surface area contributed by atoms with Gasteiger partial charge in [0, 0.05) is 32.0 Å². The van der Waals surface area contributed by atoms with Crippen LogP contribution < -0.4 is 10.6 Å². The highest BCUT2D eigenvalue weighted by Gasteiger charge is 2.62. The van der Waals surface area contributed by atoms with Crippen LogP contribution >= 0.6 is 12.4 Å². The van der Waals surface area contributed by atoms with E-state index < -0.39 is 0 Å². The molecule has 4 fully saturated rings. The second-order valence-electron chi connectivity index (χ2n) is 8.38. The largest absolute Gasteiger partial charge is 0.384 e. The van der Waals surface area contributed by atoms with Crippen LogP contribution in [-0.2, 0) is 23.9 Å². The molecule has 4 aliphatic rings. The lowest BCUT2D eigenvalue weighted by Crippen LogP contribution is -2.47. The molecule has 4 unspecified atom stereocenters. The monoisotopic (exact) mass is 415 g/mol. The Morgan fingerprint density at radius 3 is 2.39 bits per heavy atom. The maximum Gasteiger partial charge on any atom is 0.235 e. The molecule has 0 spiro atoms. The lowest BCUT2D eigenvalue weighted by atomic mass is 9.79. The van der Waals surface area contributed by atoms with E-state index >= 15 is 0 Å². The van der Waals surface area contributed by atoms with Crippen molar-refractivity contribution in [1.82, 2.24) is 15.5 Å². The van der Waals surface area contributed by atoms with Gasteiger partial charge in [-0.15, -0.1) is 12.4 Å². The van der Waals surface area contributed by atoms with E-state index in [1.807, 2.05) is 0 Å². The summed E-state index contributed by atoms with van der Waals surface area (Å²) in [4.78, 5) is 38.9. The third kappa shape index (κ3) is 3.79. The fraction of sp³-hybridized carbons (Fsp3) is 0.842. The Bertz CT molecular complexity index is 591. The standard InChI is InChI=1S/C19H29N3O5.ClH/c1-26-11-19(5-7-20-8-6-19)10-21-14(23)4-9-22-17(24)15-12-2-3-13(27-12)16(15)18(22)25;/h12-13,15-16,20H,2-11H2,1H3,(H,21,23);1H. The first kappa shape index (κ1) is 21.5. The van der Waals surface area contributed by atoms with Crippen molar-refractivity contribution >= 4 is 30.1 Å². The molecule has 9 heteroatoms. The Kier molecular flexibility index (Phi) is 6.64. The second-order valence-corrected chi connectivity index (χ2v) is 8.38. The van der Waals surface area contributed by atoms with Gasteiger partial charge in [-0.2, -0.15) is 0 Å². The van der Waals surface area contributed by atoms with Gasteiger partial charge in [0.2, 0.25) is 17.7 Å². The van der Waals surface area contributed by atoms with Crippen LogP contribution in [0.25, 0.3) is 0 Å². The van der Waals surface area contributed by atoms with Crippen LogP contribution in [-0.4, -0.2) is 74.7 Å². The van der Waals surface area contributed by atoms with Crippen LogP contribution in [0.15, 0.2) is 0 Å². The molecule has 0 aromatic carbocycles. The van der Waals surface area contributed by atoms with Gasteiger partial charge in [-0.3, -0.25) is 19.3 Å². The zero-order valence-electron chi connectivity index (χ0n) is 16.3. The number of nitrogens with one attached hydrogen (secondary N) is 2. The van der Waals surface area contributed by atoms with Crippen molar-refractivity contribution in [3.63, 3.8) is 0 Å². The number of likely N-dealkylation sites (tertiary alicyclic amines) is 1. The number of piperidine rings is 1. The van der Waals surface area contributed by atoms with Gasteiger partial charge in [-0.25, -0.2) is 0 Å². The molecule has 4 heterocycles. The van der Waals surface area contributed by atoms with Gasteiger partial charge >= 0.3 is 0 Å². The summed E-state index contributed by atoms with van der Waals surface area (Å²) in [6, 6.07) is 0. The Morgan fingerprint density at radius 1 is 1.21 bits per heavy atom. The highest BCUT2D eigenvalue weighted by Crippen LogP contribution is 2.48. The third-order valence-corrected chi connectivity index (χ3v) is 6.71. The van der Waals surface area contributed by atoms with Crippen LogP contribution in [0, 0.1) is 17.3 Å². The second kappa shape index (κ2) is 8.65. The molecule has 4 atom stereocenters. The van der Waals surface area contributed by atoms with Gasteiger partial charge in [0.25, 0.3) is 0 Å². The van der Waals surface area contributed by atoms with E-state index in [1.54, 1.807) is 7.11 Å². The molecule has 4 saturated heterocycles. The first-order chi connectivity index (χ1) is 13.0. The minimum Gasteiger partial charge on any atom is -0.384 e. The van der Waals surface area contributed by atoms with E-state index in [2.05, 4.69) is 10.6 Å². The summed E-state index contributed by atoms with van der Waals surface area (Å²) in [6.45, 7) is 3.18. The van der Waals surface area contributed by atoms with Gasteiger partial charge in [0.05, 0.1) is 30.7 Å². The number of imide groups is 1. The fourth-order valence-corrected chi connectivity index (χ4v) is 5.22. The number of rotatable bonds is 7. The summed E-state index contributed by atoms with van der Waals surface area (Å²) in [5, 5.41) is 6.32. The summed E-state index contributed by atoms with van der Waals surface area (Å²) in [6.07, 6.45) is 3.56. The maximum atomic E-state index is 12.6. The number of halogens is 1. The summed E-state index contributed by atoms with van der Waals surface area (Å²) < 4.78 is 11.1. The first-order valence-corrected chi connectivity index (χ1v) is 10.0. The van der Waals surface area contributed by atoms with E-state index in [9.17, 15) is 14.4 Å². The molecule has 28 heavy (non-hydrogen) atoms. The molecule has 2 N–H and O–H groups in total. The number of hydrogen-bond acceptors (Lipinski definition) is 6. The van der Waals surface area contributed by atoms with Gasteiger partial charge in [0.15, 0.2) is 0 Å².